The fourth-order valence-corrected chi connectivity index (χ4v) is 4.73. The Balaban J connectivity index is 1.57. The first-order chi connectivity index (χ1) is 18.3. The van der Waals surface area contributed by atoms with Crippen LogP contribution in [0.5, 0.6) is 0 Å². The van der Waals surface area contributed by atoms with Gasteiger partial charge < -0.3 is 14.2 Å². The molecule has 1 saturated heterocycles. The van der Waals surface area contributed by atoms with Crippen molar-refractivity contribution in [3.05, 3.63) is 82.2 Å². The van der Waals surface area contributed by atoms with Gasteiger partial charge in [0.15, 0.2) is 0 Å². The molecule has 12 heteroatoms. The van der Waals surface area contributed by atoms with Gasteiger partial charge in [-0.2, -0.15) is 0 Å². The van der Waals surface area contributed by atoms with Crippen molar-refractivity contribution in [2.45, 2.75) is 67.1 Å². The minimum absolute atomic E-state index is 0.138. The summed E-state index contributed by atoms with van der Waals surface area (Å²) in [7, 11) is 0. The first kappa shape index (κ1) is 28.3. The molecular weight excluding hydrogens is 553 g/mol. The van der Waals surface area contributed by atoms with Crippen LogP contribution in [0.15, 0.2) is 65.8 Å². The number of rotatable bonds is 9. The lowest BCUT2D eigenvalue weighted by molar-refractivity contribution is -0.183. The van der Waals surface area contributed by atoms with Crippen molar-refractivity contribution in [2.75, 3.05) is 0 Å². The zero-order chi connectivity index (χ0) is 27.1. The maximum Gasteiger partial charge on any atom is 0.410 e. The summed E-state index contributed by atoms with van der Waals surface area (Å²) in [6.45, 7) is 0.462. The summed E-state index contributed by atoms with van der Waals surface area (Å²) in [6, 6.07) is 18.1. The molecule has 38 heavy (non-hydrogen) atoms. The van der Waals surface area contributed by atoms with Crippen LogP contribution in [0, 0.1) is 11.3 Å². The number of carbonyl (C=O) groups is 1. The van der Waals surface area contributed by atoms with E-state index in [1.807, 2.05) is 60.7 Å². The molecule has 0 radical (unpaired) electrons. The second-order valence-corrected chi connectivity index (χ2v) is 11.6. The maximum absolute atomic E-state index is 13.6. The lowest BCUT2D eigenvalue weighted by atomic mass is 9.94. The van der Waals surface area contributed by atoms with Gasteiger partial charge >= 0.3 is 6.09 Å². The summed E-state index contributed by atoms with van der Waals surface area (Å²) in [5.74, 6) is -0.449. The Hall–Kier alpha value is -2.68. The number of carbonyl (C=O) groups excluding carboxylic acids is 1. The number of hydrogen-bond donors (Lipinski definition) is 1. The van der Waals surface area contributed by atoms with E-state index in [2.05, 4.69) is 10.0 Å². The smallest absolute Gasteiger partial charge is 0.410 e. The molecule has 202 valence electrons. The van der Waals surface area contributed by atoms with E-state index in [0.717, 1.165) is 24.0 Å². The monoisotopic (exact) mass is 579 g/mol. The molecule has 0 spiro atoms. The molecule has 2 aliphatic rings. The summed E-state index contributed by atoms with van der Waals surface area (Å²) in [5, 5.41) is 11.8. The van der Waals surface area contributed by atoms with Crippen LogP contribution >= 0.6 is 34.8 Å². The highest BCUT2D eigenvalue weighted by atomic mass is 35.6. The molecule has 2 aromatic rings. The predicted molar refractivity (Wildman–Crippen MR) is 145 cm³/mol. The third-order valence-corrected chi connectivity index (χ3v) is 7.06. The minimum atomic E-state index is -2.10. The van der Waals surface area contributed by atoms with Crippen LogP contribution in [0.2, 0.25) is 0 Å². The van der Waals surface area contributed by atoms with E-state index in [4.69, 9.17) is 60.0 Å². The van der Waals surface area contributed by atoms with E-state index >= 15 is 0 Å². The molecule has 1 N–H and O–H groups in total. The fourth-order valence-electron chi connectivity index (χ4n) is 4.59. The number of nitrogens with one attached hydrogen (secondary N) is 1. The molecule has 2 aromatic carbocycles. The van der Waals surface area contributed by atoms with Crippen molar-refractivity contribution in [3.8, 4) is 0 Å². The minimum Gasteiger partial charge on any atom is -0.448 e. The number of ether oxygens (including phenoxy) is 3. The largest absolute Gasteiger partial charge is 0.448 e. The Bertz CT molecular complexity index is 1140. The highest BCUT2D eigenvalue weighted by Gasteiger charge is 2.47. The molecule has 1 heterocycles. The van der Waals surface area contributed by atoms with Gasteiger partial charge in [-0.05, 0) is 48.3 Å². The molecule has 0 aromatic heterocycles. The average molecular weight is 581 g/mol. The van der Waals surface area contributed by atoms with Crippen molar-refractivity contribution < 1.29 is 19.0 Å². The van der Waals surface area contributed by atoms with Crippen molar-refractivity contribution in [1.82, 2.24) is 4.90 Å². The number of azide groups is 1. The van der Waals surface area contributed by atoms with Crippen molar-refractivity contribution in [3.63, 3.8) is 0 Å². The van der Waals surface area contributed by atoms with Crippen LogP contribution in [-0.2, 0) is 27.4 Å². The van der Waals surface area contributed by atoms with Gasteiger partial charge in [0.2, 0.25) is 12.2 Å². The topological polar surface area (TPSA) is 121 Å². The highest BCUT2D eigenvalue weighted by Crippen LogP contribution is 2.42. The molecule has 4 rings (SSSR count). The van der Waals surface area contributed by atoms with Gasteiger partial charge in [0.05, 0.1) is 18.2 Å². The van der Waals surface area contributed by atoms with E-state index in [1.165, 1.54) is 0 Å². The van der Waals surface area contributed by atoms with Crippen LogP contribution in [0.3, 0.4) is 0 Å². The molecule has 9 nitrogen and oxygen atoms in total. The van der Waals surface area contributed by atoms with Crippen LogP contribution < -0.4 is 0 Å². The quantitative estimate of drug-likeness (QED) is 0.0845. The molecule has 4 atom stereocenters. The molecule has 1 aliphatic heterocycles. The fraction of sp³-hybridized carbons (Fsp3) is 0.462. The normalized spacial score (nSPS) is 22.0. The van der Waals surface area contributed by atoms with Gasteiger partial charge in [0.25, 0.3) is 3.79 Å². The lowest BCUT2D eigenvalue weighted by Gasteiger charge is -2.42. The lowest BCUT2D eigenvalue weighted by Crippen LogP contribution is -2.54. The molecule has 1 saturated carbocycles. The number of halogens is 3. The Morgan fingerprint density at radius 3 is 2.29 bits per heavy atom. The van der Waals surface area contributed by atoms with Gasteiger partial charge in [-0.3, -0.25) is 10.3 Å². The first-order valence-corrected chi connectivity index (χ1v) is 13.4. The zero-order valence-corrected chi connectivity index (χ0v) is 22.7. The van der Waals surface area contributed by atoms with Gasteiger partial charge in [-0.1, -0.05) is 101 Å². The second kappa shape index (κ2) is 12.9. The van der Waals surface area contributed by atoms with Crippen LogP contribution in [0.25, 0.3) is 10.4 Å². The Labute approximate surface area is 236 Å². The van der Waals surface area contributed by atoms with Crippen LogP contribution in [-0.4, -0.2) is 45.2 Å². The number of alkyl halides is 3. The third kappa shape index (κ3) is 7.68. The standard InChI is InChI=1S/C26H28Cl3N5O4/c27-26(28,29)24(30)38-23-20(32-33-31)13-14-21(37-23)22(19-11-12-19)34(15-17-7-3-1-4-8-17)25(35)36-16-18-9-5-2-6-10-18/h1-10,19-23,30H,11-16H2/t20?,21-,22-,23?/m0/s1. The summed E-state index contributed by atoms with van der Waals surface area (Å²) in [6.07, 6.45) is 0.689. The van der Waals surface area contributed by atoms with Gasteiger partial charge in [-0.25, -0.2) is 4.79 Å². The van der Waals surface area contributed by atoms with Gasteiger partial charge in [-0.15, -0.1) is 0 Å². The predicted octanol–water partition coefficient (Wildman–Crippen LogP) is 7.15. The SMILES string of the molecule is [N-]=[N+]=NC1CC[C@@H]([C@H](C2CC2)N(Cc2ccccc2)C(=O)OCc2ccccc2)OC1OC(=N)C(Cl)(Cl)Cl. The van der Waals surface area contributed by atoms with E-state index in [1.54, 1.807) is 4.90 Å². The van der Waals surface area contributed by atoms with E-state index < -0.39 is 34.2 Å². The second-order valence-electron chi connectivity index (χ2n) is 9.32. The van der Waals surface area contributed by atoms with Gasteiger partial charge in [0, 0.05) is 11.5 Å². The summed E-state index contributed by atoms with van der Waals surface area (Å²) < 4.78 is 15.4. The average Bonchev–Trinajstić information content (AvgIpc) is 3.74. The molecule has 0 bridgehead atoms. The van der Waals surface area contributed by atoms with Crippen molar-refractivity contribution in [1.29, 1.82) is 5.41 Å². The first-order valence-electron chi connectivity index (χ1n) is 12.3. The summed E-state index contributed by atoms with van der Waals surface area (Å²) in [4.78, 5) is 18.2. The van der Waals surface area contributed by atoms with Crippen molar-refractivity contribution >= 4 is 46.8 Å². The summed E-state index contributed by atoms with van der Waals surface area (Å²) >= 11 is 17.4. The summed E-state index contributed by atoms with van der Waals surface area (Å²) in [5.41, 5.74) is 10.9. The van der Waals surface area contributed by atoms with E-state index in [0.29, 0.717) is 19.4 Å². The Morgan fingerprint density at radius 1 is 1.08 bits per heavy atom. The van der Waals surface area contributed by atoms with Crippen LogP contribution in [0.1, 0.15) is 36.8 Å². The molecule has 2 fully saturated rings. The Kier molecular flexibility index (Phi) is 9.63. The molecule has 2 unspecified atom stereocenters. The maximum atomic E-state index is 13.6. The number of amides is 1. The highest BCUT2D eigenvalue weighted by molar-refractivity contribution is 6.76. The molecule has 1 aliphatic carbocycles. The number of hydrogen-bond acceptors (Lipinski definition) is 6. The zero-order valence-electron chi connectivity index (χ0n) is 20.5. The Morgan fingerprint density at radius 2 is 1.71 bits per heavy atom. The number of nitrogens with zero attached hydrogens (tertiary/aromatic N) is 4. The van der Waals surface area contributed by atoms with E-state index in [9.17, 15) is 4.79 Å². The van der Waals surface area contributed by atoms with Gasteiger partial charge in [0.1, 0.15) is 6.61 Å². The molecule has 1 amide bonds. The third-order valence-electron chi connectivity index (χ3n) is 6.54. The number of benzene rings is 2. The van der Waals surface area contributed by atoms with Crippen molar-refractivity contribution in [2.24, 2.45) is 11.0 Å². The van der Waals surface area contributed by atoms with Crippen LogP contribution in [0.4, 0.5) is 4.79 Å². The van der Waals surface area contributed by atoms with E-state index in [-0.39, 0.29) is 18.6 Å². The molecular formula is C26H28Cl3N5O4.